The highest BCUT2D eigenvalue weighted by atomic mass is 19.1. The second-order valence-corrected chi connectivity index (χ2v) is 3.77. The van der Waals surface area contributed by atoms with Crippen molar-refractivity contribution in [2.24, 2.45) is 0 Å². The molecule has 0 spiro atoms. The van der Waals surface area contributed by atoms with Gasteiger partial charge in [0.1, 0.15) is 5.82 Å². The molecule has 0 unspecified atom stereocenters. The lowest BCUT2D eigenvalue weighted by atomic mass is 10.2. The molecule has 1 aromatic heterocycles. The lowest BCUT2D eigenvalue weighted by Crippen LogP contribution is -2.04. The van der Waals surface area contributed by atoms with Gasteiger partial charge in [-0.1, -0.05) is 12.1 Å². The van der Waals surface area contributed by atoms with Crippen LogP contribution in [-0.4, -0.2) is 22.4 Å². The Labute approximate surface area is 104 Å². The first-order valence-electron chi connectivity index (χ1n) is 5.63. The van der Waals surface area contributed by atoms with E-state index in [1.807, 2.05) is 0 Å². The summed E-state index contributed by atoms with van der Waals surface area (Å²) in [5, 5.41) is 4.06. The second kappa shape index (κ2) is 5.44. The van der Waals surface area contributed by atoms with E-state index in [2.05, 4.69) is 5.10 Å². The fraction of sp³-hybridized carbons (Fsp3) is 0.231. The van der Waals surface area contributed by atoms with Gasteiger partial charge in [-0.05, 0) is 24.6 Å². The Morgan fingerprint density at radius 1 is 1.39 bits per heavy atom. The van der Waals surface area contributed by atoms with Crippen LogP contribution in [-0.2, 0) is 11.3 Å². The summed E-state index contributed by atoms with van der Waals surface area (Å²) in [7, 11) is 0. The molecule has 0 saturated carbocycles. The maximum Gasteiger partial charge on any atom is 0.341 e. The molecule has 1 aromatic carbocycles. The number of benzene rings is 1. The van der Waals surface area contributed by atoms with Crippen molar-refractivity contribution in [3.05, 3.63) is 53.6 Å². The van der Waals surface area contributed by atoms with Crippen LogP contribution in [0.15, 0.2) is 36.7 Å². The molecule has 1 heterocycles. The Morgan fingerprint density at radius 3 is 2.78 bits per heavy atom. The number of esters is 1. The third-order valence-corrected chi connectivity index (χ3v) is 2.40. The van der Waals surface area contributed by atoms with E-state index in [0.29, 0.717) is 18.7 Å². The Morgan fingerprint density at radius 2 is 2.11 bits per heavy atom. The molecule has 0 radical (unpaired) electrons. The van der Waals surface area contributed by atoms with Gasteiger partial charge in [0.05, 0.1) is 24.9 Å². The smallest absolute Gasteiger partial charge is 0.341 e. The number of hydrogen-bond donors (Lipinski definition) is 0. The molecule has 0 aliphatic rings. The minimum Gasteiger partial charge on any atom is -0.462 e. The fourth-order valence-corrected chi connectivity index (χ4v) is 1.55. The number of ether oxygens (including phenoxy) is 1. The van der Waals surface area contributed by atoms with Crippen molar-refractivity contribution in [2.45, 2.75) is 13.5 Å². The number of carbonyl (C=O) groups excluding carboxylic acids is 1. The molecule has 0 saturated heterocycles. The number of aromatic nitrogens is 2. The van der Waals surface area contributed by atoms with Crippen LogP contribution in [0, 0.1) is 5.82 Å². The van der Waals surface area contributed by atoms with Gasteiger partial charge in [0.2, 0.25) is 0 Å². The van der Waals surface area contributed by atoms with Crippen LogP contribution in [0.5, 0.6) is 0 Å². The lowest BCUT2D eigenvalue weighted by Gasteiger charge is -2.01. The number of halogens is 1. The molecule has 5 heteroatoms. The summed E-state index contributed by atoms with van der Waals surface area (Å²) in [6.07, 6.45) is 3.07. The largest absolute Gasteiger partial charge is 0.462 e. The number of carbonyl (C=O) groups is 1. The van der Waals surface area contributed by atoms with Gasteiger partial charge in [-0.3, -0.25) is 4.68 Å². The van der Waals surface area contributed by atoms with Crippen LogP contribution in [0.2, 0.25) is 0 Å². The highest BCUT2D eigenvalue weighted by Gasteiger charge is 2.09. The summed E-state index contributed by atoms with van der Waals surface area (Å²) in [6.45, 7) is 2.57. The quantitative estimate of drug-likeness (QED) is 0.779. The van der Waals surface area contributed by atoms with Crippen molar-refractivity contribution in [1.29, 1.82) is 0 Å². The summed E-state index contributed by atoms with van der Waals surface area (Å²) in [6, 6.07) is 6.15. The Kier molecular flexibility index (Phi) is 3.72. The molecule has 0 atom stereocenters. The minimum absolute atomic E-state index is 0.272. The molecule has 2 rings (SSSR count). The molecule has 0 aliphatic heterocycles. The van der Waals surface area contributed by atoms with Crippen molar-refractivity contribution < 1.29 is 13.9 Å². The normalized spacial score (nSPS) is 10.3. The third kappa shape index (κ3) is 2.94. The minimum atomic E-state index is -0.386. The summed E-state index contributed by atoms with van der Waals surface area (Å²) < 4.78 is 19.2. The monoisotopic (exact) mass is 248 g/mol. The van der Waals surface area contributed by atoms with E-state index in [1.165, 1.54) is 18.3 Å². The first-order valence-corrected chi connectivity index (χ1v) is 5.63. The maximum atomic E-state index is 12.7. The second-order valence-electron chi connectivity index (χ2n) is 3.77. The molecular weight excluding hydrogens is 235 g/mol. The molecule has 18 heavy (non-hydrogen) atoms. The van der Waals surface area contributed by atoms with Gasteiger partial charge < -0.3 is 4.74 Å². The van der Waals surface area contributed by atoms with Gasteiger partial charge in [-0.2, -0.15) is 5.10 Å². The van der Waals surface area contributed by atoms with Gasteiger partial charge in [0.15, 0.2) is 0 Å². The first-order chi connectivity index (χ1) is 8.69. The molecule has 0 bridgehead atoms. The van der Waals surface area contributed by atoms with Crippen molar-refractivity contribution >= 4 is 5.97 Å². The summed E-state index contributed by atoms with van der Waals surface area (Å²) >= 11 is 0. The average Bonchev–Trinajstić information content (AvgIpc) is 2.81. The number of hydrogen-bond acceptors (Lipinski definition) is 3. The van der Waals surface area contributed by atoms with E-state index in [0.717, 1.165) is 5.56 Å². The standard InChI is InChI=1S/C13H13FN2O2/c1-2-18-13(17)11-7-15-16(9-11)8-10-3-5-12(14)6-4-10/h3-7,9H,2,8H2,1H3. The predicted octanol–water partition coefficient (Wildman–Crippen LogP) is 2.25. The van der Waals surface area contributed by atoms with Crippen LogP contribution in [0.1, 0.15) is 22.8 Å². The molecule has 94 valence electrons. The van der Waals surface area contributed by atoms with E-state index >= 15 is 0 Å². The molecule has 0 aliphatic carbocycles. The summed E-state index contributed by atoms with van der Waals surface area (Å²) in [5.41, 5.74) is 1.33. The molecular formula is C13H13FN2O2. The number of rotatable bonds is 4. The van der Waals surface area contributed by atoms with Crippen molar-refractivity contribution in [3.8, 4) is 0 Å². The fourth-order valence-electron chi connectivity index (χ4n) is 1.55. The van der Waals surface area contributed by atoms with Crippen LogP contribution < -0.4 is 0 Å². The van der Waals surface area contributed by atoms with Gasteiger partial charge in [0.25, 0.3) is 0 Å². The molecule has 0 amide bonds. The highest BCUT2D eigenvalue weighted by molar-refractivity contribution is 5.88. The van der Waals surface area contributed by atoms with Crippen molar-refractivity contribution in [2.75, 3.05) is 6.61 Å². The Balaban J connectivity index is 2.06. The van der Waals surface area contributed by atoms with Gasteiger partial charge in [0, 0.05) is 6.20 Å². The maximum absolute atomic E-state index is 12.7. The average molecular weight is 248 g/mol. The Hall–Kier alpha value is -2.17. The van der Waals surface area contributed by atoms with E-state index < -0.39 is 0 Å². The molecule has 0 N–H and O–H groups in total. The van der Waals surface area contributed by atoms with E-state index in [-0.39, 0.29) is 11.8 Å². The van der Waals surface area contributed by atoms with Crippen LogP contribution in [0.4, 0.5) is 4.39 Å². The predicted molar refractivity (Wildman–Crippen MR) is 63.7 cm³/mol. The summed E-state index contributed by atoms with van der Waals surface area (Å²) in [5.74, 6) is -0.658. The third-order valence-electron chi connectivity index (χ3n) is 2.40. The van der Waals surface area contributed by atoms with Gasteiger partial charge in [-0.25, -0.2) is 9.18 Å². The molecule has 2 aromatic rings. The zero-order valence-electron chi connectivity index (χ0n) is 9.97. The molecule has 4 nitrogen and oxygen atoms in total. The van der Waals surface area contributed by atoms with Crippen LogP contribution >= 0.6 is 0 Å². The highest BCUT2D eigenvalue weighted by Crippen LogP contribution is 2.06. The first kappa shape index (κ1) is 12.3. The van der Waals surface area contributed by atoms with Gasteiger partial charge in [-0.15, -0.1) is 0 Å². The SMILES string of the molecule is CCOC(=O)c1cnn(Cc2ccc(F)cc2)c1. The van der Waals surface area contributed by atoms with E-state index in [4.69, 9.17) is 4.74 Å². The molecule has 0 fully saturated rings. The topological polar surface area (TPSA) is 44.1 Å². The zero-order chi connectivity index (χ0) is 13.0. The van der Waals surface area contributed by atoms with Gasteiger partial charge >= 0.3 is 5.97 Å². The summed E-state index contributed by atoms with van der Waals surface area (Å²) in [4.78, 5) is 11.4. The zero-order valence-corrected chi connectivity index (χ0v) is 9.97. The van der Waals surface area contributed by atoms with E-state index in [9.17, 15) is 9.18 Å². The van der Waals surface area contributed by atoms with Crippen molar-refractivity contribution in [1.82, 2.24) is 9.78 Å². The van der Waals surface area contributed by atoms with E-state index in [1.54, 1.807) is 29.9 Å². The van der Waals surface area contributed by atoms with Crippen LogP contribution in [0.25, 0.3) is 0 Å². The number of nitrogens with zero attached hydrogens (tertiary/aromatic N) is 2. The lowest BCUT2D eigenvalue weighted by molar-refractivity contribution is 0.0526. The Bertz CT molecular complexity index is 534. The van der Waals surface area contributed by atoms with Crippen LogP contribution in [0.3, 0.4) is 0 Å². The van der Waals surface area contributed by atoms with Crippen molar-refractivity contribution in [3.63, 3.8) is 0 Å².